The van der Waals surface area contributed by atoms with Gasteiger partial charge in [0.25, 0.3) is 0 Å². The number of rotatable bonds is 3. The predicted octanol–water partition coefficient (Wildman–Crippen LogP) is 2.94. The van der Waals surface area contributed by atoms with E-state index in [1.807, 2.05) is 6.07 Å². The minimum Gasteiger partial charge on any atom is -0.409 e. The van der Waals surface area contributed by atoms with Gasteiger partial charge in [0.05, 0.1) is 0 Å². The van der Waals surface area contributed by atoms with Crippen molar-refractivity contribution < 1.29 is 5.21 Å². The molecule has 0 atom stereocenters. The molecule has 0 saturated carbocycles. The minimum absolute atomic E-state index is 0.0167. The molecule has 98 valence electrons. The summed E-state index contributed by atoms with van der Waals surface area (Å²) >= 11 is 1.63. The molecule has 4 nitrogen and oxygen atoms in total. The Morgan fingerprint density at radius 1 is 1.26 bits per heavy atom. The van der Waals surface area contributed by atoms with Gasteiger partial charge in [-0.25, -0.2) is 0 Å². The molecule has 1 aromatic carbocycles. The minimum atomic E-state index is 0.0167. The van der Waals surface area contributed by atoms with Crippen molar-refractivity contribution in [3.05, 3.63) is 53.3 Å². The number of aryl methyl sites for hydroxylation is 2. The number of pyridine rings is 1. The maximum atomic E-state index is 8.66. The fourth-order valence-corrected chi connectivity index (χ4v) is 2.62. The van der Waals surface area contributed by atoms with E-state index in [0.29, 0.717) is 5.69 Å². The quantitative estimate of drug-likeness (QED) is 0.390. The van der Waals surface area contributed by atoms with E-state index < -0.39 is 0 Å². The second kappa shape index (κ2) is 5.75. The molecular weight excluding hydrogens is 258 g/mol. The van der Waals surface area contributed by atoms with E-state index in [2.05, 4.69) is 42.2 Å². The summed E-state index contributed by atoms with van der Waals surface area (Å²) < 4.78 is 0. The second-order valence-electron chi connectivity index (χ2n) is 4.23. The van der Waals surface area contributed by atoms with E-state index in [-0.39, 0.29) is 5.84 Å². The first-order valence-electron chi connectivity index (χ1n) is 5.79. The van der Waals surface area contributed by atoms with Crippen LogP contribution in [0.4, 0.5) is 0 Å². The van der Waals surface area contributed by atoms with Gasteiger partial charge in [0.15, 0.2) is 5.84 Å². The number of amidine groups is 1. The normalized spacial score (nSPS) is 11.6. The van der Waals surface area contributed by atoms with Gasteiger partial charge < -0.3 is 10.9 Å². The van der Waals surface area contributed by atoms with Crippen LogP contribution >= 0.6 is 11.8 Å². The molecule has 2 aromatic rings. The zero-order chi connectivity index (χ0) is 13.8. The Hall–Kier alpha value is -2.01. The third-order valence-corrected chi connectivity index (χ3v) is 3.83. The van der Waals surface area contributed by atoms with Gasteiger partial charge in [-0.05, 0) is 37.6 Å². The average molecular weight is 273 g/mol. The predicted molar refractivity (Wildman–Crippen MR) is 76.8 cm³/mol. The van der Waals surface area contributed by atoms with E-state index in [1.165, 1.54) is 16.0 Å². The lowest BCUT2D eigenvalue weighted by Gasteiger charge is -2.07. The summed E-state index contributed by atoms with van der Waals surface area (Å²) in [5, 5.41) is 11.6. The van der Waals surface area contributed by atoms with Crippen molar-refractivity contribution in [2.75, 3.05) is 0 Å². The van der Waals surface area contributed by atoms with Crippen LogP contribution in [0.5, 0.6) is 0 Å². The Balaban J connectivity index is 2.28. The highest BCUT2D eigenvalue weighted by molar-refractivity contribution is 7.99. The molecule has 0 aliphatic heterocycles. The highest BCUT2D eigenvalue weighted by atomic mass is 32.2. The number of nitrogens with two attached hydrogens (primary N) is 1. The Kier molecular flexibility index (Phi) is 4.06. The number of aromatic nitrogens is 1. The summed E-state index contributed by atoms with van der Waals surface area (Å²) in [4.78, 5) is 6.25. The first kappa shape index (κ1) is 13.4. The van der Waals surface area contributed by atoms with Gasteiger partial charge in [-0.2, -0.15) is 0 Å². The van der Waals surface area contributed by atoms with E-state index in [1.54, 1.807) is 24.0 Å². The van der Waals surface area contributed by atoms with Crippen LogP contribution in [0.1, 0.15) is 16.8 Å². The van der Waals surface area contributed by atoms with Crippen molar-refractivity contribution in [2.24, 2.45) is 10.9 Å². The van der Waals surface area contributed by atoms with Crippen molar-refractivity contribution >= 4 is 17.6 Å². The van der Waals surface area contributed by atoms with Gasteiger partial charge in [-0.15, -0.1) is 0 Å². The molecule has 3 N–H and O–H groups in total. The lowest BCUT2D eigenvalue weighted by molar-refractivity contribution is 0.318. The lowest BCUT2D eigenvalue weighted by Crippen LogP contribution is -2.14. The fourth-order valence-electron chi connectivity index (χ4n) is 1.71. The highest BCUT2D eigenvalue weighted by Gasteiger charge is 2.05. The molecule has 2 rings (SSSR count). The van der Waals surface area contributed by atoms with Crippen molar-refractivity contribution in [2.45, 2.75) is 23.6 Å². The van der Waals surface area contributed by atoms with Gasteiger partial charge in [0, 0.05) is 16.0 Å². The van der Waals surface area contributed by atoms with E-state index in [4.69, 9.17) is 10.9 Å². The van der Waals surface area contributed by atoms with Gasteiger partial charge >= 0.3 is 0 Å². The van der Waals surface area contributed by atoms with Crippen molar-refractivity contribution in [1.82, 2.24) is 4.98 Å². The van der Waals surface area contributed by atoms with Gasteiger partial charge in [-0.1, -0.05) is 34.6 Å². The van der Waals surface area contributed by atoms with Crippen LogP contribution in [0, 0.1) is 13.8 Å². The third-order valence-electron chi connectivity index (χ3n) is 2.66. The summed E-state index contributed by atoms with van der Waals surface area (Å²) in [6, 6.07) is 10.0. The number of oxime groups is 1. The molecule has 0 bridgehead atoms. The van der Waals surface area contributed by atoms with Gasteiger partial charge in [0.2, 0.25) is 0 Å². The first-order valence-corrected chi connectivity index (χ1v) is 6.61. The summed E-state index contributed by atoms with van der Waals surface area (Å²) in [7, 11) is 0. The molecule has 19 heavy (non-hydrogen) atoms. The lowest BCUT2D eigenvalue weighted by atomic mass is 10.2. The average Bonchev–Trinajstić information content (AvgIpc) is 2.41. The van der Waals surface area contributed by atoms with Crippen molar-refractivity contribution in [3.63, 3.8) is 0 Å². The SMILES string of the molecule is Cc1ccc(Sc2ccnc(C(N)=NO)c2)c(C)c1. The summed E-state index contributed by atoms with van der Waals surface area (Å²) in [6.45, 7) is 4.16. The zero-order valence-corrected chi connectivity index (χ0v) is 11.6. The van der Waals surface area contributed by atoms with Crippen LogP contribution in [-0.2, 0) is 0 Å². The van der Waals surface area contributed by atoms with Crippen LogP contribution < -0.4 is 5.73 Å². The van der Waals surface area contributed by atoms with Crippen LogP contribution in [-0.4, -0.2) is 16.0 Å². The Morgan fingerprint density at radius 3 is 2.74 bits per heavy atom. The first-order chi connectivity index (χ1) is 9.10. The van der Waals surface area contributed by atoms with Gasteiger partial charge in [-0.3, -0.25) is 4.98 Å². The maximum absolute atomic E-state index is 8.66. The zero-order valence-electron chi connectivity index (χ0n) is 10.8. The molecule has 0 aliphatic rings. The summed E-state index contributed by atoms with van der Waals surface area (Å²) in [5.41, 5.74) is 8.48. The molecule has 0 radical (unpaired) electrons. The van der Waals surface area contributed by atoms with E-state index in [0.717, 1.165) is 4.90 Å². The van der Waals surface area contributed by atoms with Crippen LogP contribution in [0.25, 0.3) is 0 Å². The summed E-state index contributed by atoms with van der Waals surface area (Å²) in [5.74, 6) is 0.0167. The fraction of sp³-hybridized carbons (Fsp3) is 0.143. The number of nitrogens with zero attached hydrogens (tertiary/aromatic N) is 2. The molecule has 5 heteroatoms. The molecule has 0 amide bonds. The van der Waals surface area contributed by atoms with E-state index >= 15 is 0 Å². The molecule has 0 unspecified atom stereocenters. The molecule has 0 aliphatic carbocycles. The molecule has 1 aromatic heterocycles. The van der Waals surface area contributed by atoms with E-state index in [9.17, 15) is 0 Å². The molecule has 0 fully saturated rings. The van der Waals surface area contributed by atoms with Crippen LogP contribution in [0.15, 0.2) is 51.5 Å². The number of hydrogen-bond donors (Lipinski definition) is 2. The second-order valence-corrected chi connectivity index (χ2v) is 5.35. The number of benzene rings is 1. The van der Waals surface area contributed by atoms with Crippen molar-refractivity contribution in [1.29, 1.82) is 0 Å². The standard InChI is InChI=1S/C14H15N3OS/c1-9-3-4-13(10(2)7-9)19-11-5-6-16-12(8-11)14(15)17-18/h3-8,18H,1-2H3,(H2,15,17). The highest BCUT2D eigenvalue weighted by Crippen LogP contribution is 2.30. The monoisotopic (exact) mass is 273 g/mol. The smallest absolute Gasteiger partial charge is 0.188 e. The molecule has 0 saturated heterocycles. The molecule has 0 spiro atoms. The van der Waals surface area contributed by atoms with Crippen molar-refractivity contribution in [3.8, 4) is 0 Å². The van der Waals surface area contributed by atoms with Crippen LogP contribution in [0.3, 0.4) is 0 Å². The Morgan fingerprint density at radius 2 is 2.05 bits per heavy atom. The van der Waals surface area contributed by atoms with Crippen LogP contribution in [0.2, 0.25) is 0 Å². The maximum Gasteiger partial charge on any atom is 0.188 e. The Labute approximate surface area is 116 Å². The Bertz CT molecular complexity index is 626. The number of hydrogen-bond acceptors (Lipinski definition) is 4. The van der Waals surface area contributed by atoms with Gasteiger partial charge in [0.1, 0.15) is 5.69 Å². The topological polar surface area (TPSA) is 71.5 Å². The molecule has 1 heterocycles. The third kappa shape index (κ3) is 3.26. The largest absolute Gasteiger partial charge is 0.409 e. The summed E-state index contributed by atoms with van der Waals surface area (Å²) in [6.07, 6.45) is 1.65. The molecular formula is C14H15N3OS.